The maximum Gasteiger partial charge on any atom is 0.281 e. The quantitative estimate of drug-likeness (QED) is 0.626. The topological polar surface area (TPSA) is 90.3 Å². The van der Waals surface area contributed by atoms with E-state index < -0.39 is 15.9 Å². The number of hydrazine groups is 1. The number of nitrogens with zero attached hydrogens (tertiary/aromatic N) is 2. The lowest BCUT2D eigenvalue weighted by Crippen LogP contribution is -2.44. The second-order valence-electron chi connectivity index (χ2n) is 5.16. The second kappa shape index (κ2) is 7.39. The van der Waals surface area contributed by atoms with Gasteiger partial charge in [-0.05, 0) is 35.9 Å². The summed E-state index contributed by atoms with van der Waals surface area (Å²) in [6.07, 6.45) is 1.57. The maximum atomic E-state index is 12.5. The number of nitriles is 1. The molecule has 0 spiro atoms. The average Bonchev–Trinajstić information content (AvgIpc) is 2.90. The molecule has 0 atom stereocenters. The Morgan fingerprint density at radius 3 is 2.58 bits per heavy atom. The van der Waals surface area contributed by atoms with Crippen molar-refractivity contribution in [3.8, 4) is 6.07 Å². The molecule has 130 valence electrons. The molecule has 1 aliphatic rings. The summed E-state index contributed by atoms with van der Waals surface area (Å²) >= 11 is 6.11. The summed E-state index contributed by atoms with van der Waals surface area (Å²) in [4.78, 5) is 15.0. The third-order valence-electron chi connectivity index (χ3n) is 3.37. The third kappa shape index (κ3) is 3.84. The fourth-order valence-electron chi connectivity index (χ4n) is 2.17. The lowest BCUT2D eigenvalue weighted by molar-refractivity contribution is -0.123. The van der Waals surface area contributed by atoms with Gasteiger partial charge >= 0.3 is 0 Å². The van der Waals surface area contributed by atoms with Crippen LogP contribution in [0.15, 0.2) is 64.4 Å². The molecule has 1 saturated heterocycles. The van der Waals surface area contributed by atoms with Gasteiger partial charge in [-0.25, -0.2) is 13.4 Å². The van der Waals surface area contributed by atoms with Crippen molar-refractivity contribution in [1.82, 2.24) is 9.84 Å². The van der Waals surface area contributed by atoms with Crippen LogP contribution in [0.3, 0.4) is 0 Å². The molecule has 1 amide bonds. The predicted molar refractivity (Wildman–Crippen MR) is 103 cm³/mol. The summed E-state index contributed by atoms with van der Waals surface area (Å²) < 4.78 is 24.9. The maximum absolute atomic E-state index is 12.5. The van der Waals surface area contributed by atoms with Crippen LogP contribution in [-0.2, 0) is 14.8 Å². The van der Waals surface area contributed by atoms with Gasteiger partial charge in [-0.2, -0.15) is 5.26 Å². The average molecular weight is 401 g/mol. The fourth-order valence-corrected chi connectivity index (χ4v) is 4.50. The Balaban J connectivity index is 1.85. The predicted octanol–water partition coefficient (Wildman–Crippen LogP) is 2.65. The number of amides is 1. The minimum atomic E-state index is -3.93. The van der Waals surface area contributed by atoms with Gasteiger partial charge in [-0.3, -0.25) is 4.79 Å². The lowest BCUT2D eigenvalue weighted by atomic mass is 10.1. The molecule has 1 fully saturated rings. The van der Waals surface area contributed by atoms with E-state index in [-0.39, 0.29) is 14.1 Å². The zero-order chi connectivity index (χ0) is 18.7. The monoisotopic (exact) mass is 401 g/mol. The molecule has 1 heterocycles. The first-order chi connectivity index (χ1) is 12.4. The van der Waals surface area contributed by atoms with E-state index in [4.69, 9.17) is 17.5 Å². The molecule has 0 radical (unpaired) electrons. The van der Waals surface area contributed by atoms with Crippen molar-refractivity contribution >= 4 is 50.3 Å². The largest absolute Gasteiger partial charge is 0.281 e. The van der Waals surface area contributed by atoms with Crippen LogP contribution < -0.4 is 4.83 Å². The summed E-state index contributed by atoms with van der Waals surface area (Å²) in [7, 11) is -3.93. The number of hydrogen-bond donors (Lipinski definition) is 1. The first kappa shape index (κ1) is 18.3. The van der Waals surface area contributed by atoms with Crippen LogP contribution in [0.2, 0.25) is 0 Å². The summed E-state index contributed by atoms with van der Waals surface area (Å²) in [6, 6.07) is 16.4. The van der Waals surface area contributed by atoms with Gasteiger partial charge in [-0.15, -0.1) is 4.83 Å². The van der Waals surface area contributed by atoms with E-state index in [0.717, 1.165) is 16.8 Å². The van der Waals surface area contributed by atoms with Gasteiger partial charge in [0.05, 0.1) is 21.4 Å². The Kier molecular flexibility index (Phi) is 5.20. The van der Waals surface area contributed by atoms with Gasteiger partial charge in [0, 0.05) is 0 Å². The number of rotatable bonds is 4. The van der Waals surface area contributed by atoms with Crippen molar-refractivity contribution in [3.63, 3.8) is 0 Å². The SMILES string of the molecule is N#Cc1cccc(/C=C2\SC(=S)N(NS(=O)(=O)c3ccccc3)C2=O)c1. The molecule has 3 rings (SSSR count). The third-order valence-corrected chi connectivity index (χ3v) is 5.99. The number of benzene rings is 2. The first-order valence-electron chi connectivity index (χ1n) is 7.26. The zero-order valence-electron chi connectivity index (χ0n) is 13.1. The van der Waals surface area contributed by atoms with Crippen LogP contribution in [0, 0.1) is 11.3 Å². The highest BCUT2D eigenvalue weighted by Gasteiger charge is 2.35. The van der Waals surface area contributed by atoms with Crippen molar-refractivity contribution in [3.05, 3.63) is 70.6 Å². The van der Waals surface area contributed by atoms with Crippen molar-refractivity contribution in [2.24, 2.45) is 0 Å². The molecule has 26 heavy (non-hydrogen) atoms. The number of carbonyl (C=O) groups is 1. The normalized spacial score (nSPS) is 16.1. The molecular weight excluding hydrogens is 390 g/mol. The summed E-state index contributed by atoms with van der Waals surface area (Å²) in [5.41, 5.74) is 1.11. The molecule has 6 nitrogen and oxygen atoms in total. The number of hydrogen-bond acceptors (Lipinski definition) is 6. The van der Waals surface area contributed by atoms with Crippen molar-refractivity contribution in [2.45, 2.75) is 4.90 Å². The van der Waals surface area contributed by atoms with Crippen LogP contribution in [0.25, 0.3) is 6.08 Å². The number of carbonyl (C=O) groups excluding carboxylic acids is 1. The van der Waals surface area contributed by atoms with Crippen LogP contribution in [-0.4, -0.2) is 23.7 Å². The van der Waals surface area contributed by atoms with E-state index in [1.54, 1.807) is 48.5 Å². The summed E-state index contributed by atoms with van der Waals surface area (Å²) in [5, 5.41) is 9.78. The van der Waals surface area contributed by atoms with Gasteiger partial charge in [-0.1, -0.05) is 54.3 Å². The highest BCUT2D eigenvalue weighted by molar-refractivity contribution is 8.26. The Morgan fingerprint density at radius 1 is 1.15 bits per heavy atom. The van der Waals surface area contributed by atoms with E-state index >= 15 is 0 Å². The van der Waals surface area contributed by atoms with Gasteiger partial charge in [0.25, 0.3) is 15.9 Å². The van der Waals surface area contributed by atoms with Crippen molar-refractivity contribution in [1.29, 1.82) is 5.26 Å². The molecule has 1 N–H and O–H groups in total. The lowest BCUT2D eigenvalue weighted by Gasteiger charge is -2.15. The molecule has 0 saturated carbocycles. The Labute approximate surface area is 160 Å². The van der Waals surface area contributed by atoms with Crippen LogP contribution in [0.5, 0.6) is 0 Å². The van der Waals surface area contributed by atoms with Gasteiger partial charge in [0.15, 0.2) is 4.32 Å². The highest BCUT2D eigenvalue weighted by Crippen LogP contribution is 2.32. The minimum Gasteiger partial charge on any atom is -0.267 e. The smallest absolute Gasteiger partial charge is 0.267 e. The van der Waals surface area contributed by atoms with Crippen molar-refractivity contribution < 1.29 is 13.2 Å². The van der Waals surface area contributed by atoms with E-state index in [1.807, 2.05) is 6.07 Å². The number of thiocarbonyl (C=S) groups is 1. The summed E-state index contributed by atoms with van der Waals surface area (Å²) in [5.74, 6) is -0.568. The Hall–Kier alpha value is -2.51. The molecule has 1 aliphatic heterocycles. The van der Waals surface area contributed by atoms with E-state index in [0.29, 0.717) is 11.1 Å². The van der Waals surface area contributed by atoms with E-state index in [9.17, 15) is 13.2 Å². The van der Waals surface area contributed by atoms with E-state index in [2.05, 4.69) is 4.83 Å². The minimum absolute atomic E-state index is 0.0275. The molecule has 2 aromatic carbocycles. The molecule has 0 aliphatic carbocycles. The van der Waals surface area contributed by atoms with Crippen LogP contribution in [0.4, 0.5) is 0 Å². The van der Waals surface area contributed by atoms with Crippen LogP contribution >= 0.6 is 24.0 Å². The van der Waals surface area contributed by atoms with Gasteiger partial charge in [0.1, 0.15) is 0 Å². The standard InChI is InChI=1S/C17H11N3O3S3/c18-11-13-6-4-5-12(9-13)10-15-16(21)20(17(24)25-15)19-26(22,23)14-7-2-1-3-8-14/h1-10,19H/b15-10-. The van der Waals surface area contributed by atoms with Gasteiger partial charge < -0.3 is 0 Å². The van der Waals surface area contributed by atoms with Crippen molar-refractivity contribution in [2.75, 3.05) is 0 Å². The molecular formula is C17H11N3O3S3. The molecule has 0 aromatic heterocycles. The first-order valence-corrected chi connectivity index (χ1v) is 9.97. The highest BCUT2D eigenvalue weighted by atomic mass is 32.2. The molecule has 2 aromatic rings. The number of nitrogens with one attached hydrogen (secondary N) is 1. The fraction of sp³-hybridized carbons (Fsp3) is 0. The van der Waals surface area contributed by atoms with E-state index in [1.165, 1.54) is 12.1 Å². The summed E-state index contributed by atoms with van der Waals surface area (Å²) in [6.45, 7) is 0. The Morgan fingerprint density at radius 2 is 1.88 bits per heavy atom. The number of sulfonamides is 1. The number of thioether (sulfide) groups is 1. The molecule has 9 heteroatoms. The molecule has 0 unspecified atom stereocenters. The zero-order valence-corrected chi connectivity index (χ0v) is 15.6. The van der Waals surface area contributed by atoms with Gasteiger partial charge in [0.2, 0.25) is 0 Å². The Bertz CT molecular complexity index is 1060. The second-order valence-corrected chi connectivity index (χ2v) is 8.50. The van der Waals surface area contributed by atoms with Crippen LogP contribution in [0.1, 0.15) is 11.1 Å². The molecule has 0 bridgehead atoms.